The Labute approximate surface area is 97.9 Å². The highest BCUT2D eigenvalue weighted by molar-refractivity contribution is 9.10. The maximum absolute atomic E-state index is 11.7. The first-order chi connectivity index (χ1) is 7.04. The van der Waals surface area contributed by atoms with Crippen molar-refractivity contribution < 1.29 is 9.53 Å². The molecule has 0 spiro atoms. The first kappa shape index (κ1) is 12.0. The van der Waals surface area contributed by atoms with Crippen molar-refractivity contribution in [1.29, 1.82) is 0 Å². The Hall–Kier alpha value is -1.03. The van der Waals surface area contributed by atoms with Gasteiger partial charge in [0.05, 0.1) is 12.7 Å². The number of amides is 1. The second kappa shape index (κ2) is 5.16. The molecule has 0 saturated heterocycles. The van der Waals surface area contributed by atoms with Crippen molar-refractivity contribution in [2.45, 2.75) is 19.9 Å². The van der Waals surface area contributed by atoms with Gasteiger partial charge in [0.15, 0.2) is 0 Å². The molecule has 0 aromatic heterocycles. The summed E-state index contributed by atoms with van der Waals surface area (Å²) >= 11 is 3.33. The number of carbonyl (C=O) groups excluding carboxylic acids is 1. The zero-order valence-electron chi connectivity index (χ0n) is 9.00. The average Bonchev–Trinajstić information content (AvgIpc) is 2.16. The van der Waals surface area contributed by atoms with Gasteiger partial charge >= 0.3 is 0 Å². The van der Waals surface area contributed by atoms with Gasteiger partial charge in [-0.25, -0.2) is 0 Å². The van der Waals surface area contributed by atoms with Crippen LogP contribution in [0.4, 0.5) is 0 Å². The molecule has 1 aromatic carbocycles. The Balaban J connectivity index is 2.97. The summed E-state index contributed by atoms with van der Waals surface area (Å²) in [5.41, 5.74) is 0.550. The van der Waals surface area contributed by atoms with E-state index in [2.05, 4.69) is 21.2 Å². The molecule has 4 heteroatoms. The van der Waals surface area contributed by atoms with Gasteiger partial charge in [-0.05, 0) is 32.0 Å². The molecule has 0 atom stereocenters. The first-order valence-electron chi connectivity index (χ1n) is 4.69. The number of ether oxygens (including phenoxy) is 1. The van der Waals surface area contributed by atoms with Crippen molar-refractivity contribution in [3.63, 3.8) is 0 Å². The largest absolute Gasteiger partial charge is 0.496 e. The van der Waals surface area contributed by atoms with Gasteiger partial charge in [0.25, 0.3) is 5.91 Å². The third-order valence-corrected chi connectivity index (χ3v) is 2.32. The van der Waals surface area contributed by atoms with E-state index in [1.807, 2.05) is 19.9 Å². The van der Waals surface area contributed by atoms with Gasteiger partial charge in [-0.3, -0.25) is 4.79 Å². The van der Waals surface area contributed by atoms with Crippen LogP contribution in [0, 0.1) is 0 Å². The topological polar surface area (TPSA) is 38.3 Å². The predicted octanol–water partition coefficient (Wildman–Crippen LogP) is 2.60. The molecular weight excluding hydrogens is 258 g/mol. The fourth-order valence-electron chi connectivity index (χ4n) is 1.19. The fourth-order valence-corrected chi connectivity index (χ4v) is 1.53. The highest BCUT2D eigenvalue weighted by Gasteiger charge is 2.12. The lowest BCUT2D eigenvalue weighted by atomic mass is 10.2. The van der Waals surface area contributed by atoms with Crippen LogP contribution in [0.2, 0.25) is 0 Å². The van der Waals surface area contributed by atoms with Gasteiger partial charge in [-0.2, -0.15) is 0 Å². The summed E-state index contributed by atoms with van der Waals surface area (Å²) in [6.45, 7) is 3.84. The standard InChI is InChI=1S/C11H14BrNO2/c1-7(2)13-11(14)9-5-4-8(12)6-10(9)15-3/h4-7H,1-3H3,(H,13,14). The van der Waals surface area contributed by atoms with Crippen molar-refractivity contribution in [2.75, 3.05) is 7.11 Å². The molecule has 0 aliphatic rings. The molecule has 0 radical (unpaired) electrons. The van der Waals surface area contributed by atoms with Crippen LogP contribution in [-0.4, -0.2) is 19.1 Å². The molecule has 3 nitrogen and oxygen atoms in total. The van der Waals surface area contributed by atoms with Crippen molar-refractivity contribution >= 4 is 21.8 Å². The SMILES string of the molecule is COc1cc(Br)ccc1C(=O)NC(C)C. The Bertz CT molecular complexity index is 364. The average molecular weight is 272 g/mol. The minimum absolute atomic E-state index is 0.116. The van der Waals surface area contributed by atoms with Crippen molar-refractivity contribution in [2.24, 2.45) is 0 Å². The van der Waals surface area contributed by atoms with Crippen LogP contribution in [0.25, 0.3) is 0 Å². The number of hydrogen-bond donors (Lipinski definition) is 1. The highest BCUT2D eigenvalue weighted by Crippen LogP contribution is 2.23. The summed E-state index contributed by atoms with van der Waals surface area (Å²) in [6, 6.07) is 5.44. The van der Waals surface area contributed by atoms with Crippen molar-refractivity contribution in [3.8, 4) is 5.75 Å². The van der Waals surface area contributed by atoms with Crippen LogP contribution in [-0.2, 0) is 0 Å². The number of halogens is 1. The summed E-state index contributed by atoms with van der Waals surface area (Å²) in [6.07, 6.45) is 0. The predicted molar refractivity (Wildman–Crippen MR) is 63.3 cm³/mol. The number of methoxy groups -OCH3 is 1. The quantitative estimate of drug-likeness (QED) is 0.918. The normalized spacial score (nSPS) is 10.2. The van der Waals surface area contributed by atoms with Crippen LogP contribution >= 0.6 is 15.9 Å². The molecule has 1 aromatic rings. The maximum atomic E-state index is 11.7. The zero-order chi connectivity index (χ0) is 11.4. The lowest BCUT2D eigenvalue weighted by Gasteiger charge is -2.11. The molecule has 0 bridgehead atoms. The van der Waals surface area contributed by atoms with Crippen LogP contribution in [0.5, 0.6) is 5.75 Å². The minimum Gasteiger partial charge on any atom is -0.496 e. The Morgan fingerprint density at radius 1 is 1.47 bits per heavy atom. The number of hydrogen-bond acceptors (Lipinski definition) is 2. The molecule has 1 rings (SSSR count). The van der Waals surface area contributed by atoms with Crippen molar-refractivity contribution in [3.05, 3.63) is 28.2 Å². The van der Waals surface area contributed by atoms with E-state index in [4.69, 9.17) is 4.74 Å². The third kappa shape index (κ3) is 3.23. The van der Waals surface area contributed by atoms with E-state index in [1.54, 1.807) is 19.2 Å². The second-order valence-electron chi connectivity index (χ2n) is 3.47. The molecule has 82 valence electrons. The van der Waals surface area contributed by atoms with E-state index in [0.717, 1.165) is 4.47 Å². The molecule has 15 heavy (non-hydrogen) atoms. The number of benzene rings is 1. The number of nitrogens with one attached hydrogen (secondary N) is 1. The minimum atomic E-state index is -0.116. The molecule has 1 N–H and O–H groups in total. The summed E-state index contributed by atoms with van der Waals surface area (Å²) in [5.74, 6) is 0.455. The molecule has 0 heterocycles. The van der Waals surface area contributed by atoms with E-state index < -0.39 is 0 Å². The molecule has 0 aliphatic carbocycles. The second-order valence-corrected chi connectivity index (χ2v) is 4.39. The van der Waals surface area contributed by atoms with E-state index >= 15 is 0 Å². The Morgan fingerprint density at radius 2 is 2.13 bits per heavy atom. The maximum Gasteiger partial charge on any atom is 0.255 e. The smallest absolute Gasteiger partial charge is 0.255 e. The summed E-state index contributed by atoms with van der Waals surface area (Å²) < 4.78 is 6.03. The molecular formula is C11H14BrNO2. The Morgan fingerprint density at radius 3 is 2.67 bits per heavy atom. The lowest BCUT2D eigenvalue weighted by Crippen LogP contribution is -2.30. The Kier molecular flexibility index (Phi) is 4.15. The van der Waals surface area contributed by atoms with Gasteiger partial charge in [-0.1, -0.05) is 15.9 Å². The van der Waals surface area contributed by atoms with Gasteiger partial charge in [0.2, 0.25) is 0 Å². The monoisotopic (exact) mass is 271 g/mol. The number of carbonyl (C=O) groups is 1. The third-order valence-electron chi connectivity index (χ3n) is 1.83. The fraction of sp³-hybridized carbons (Fsp3) is 0.364. The van der Waals surface area contributed by atoms with Gasteiger partial charge in [0.1, 0.15) is 5.75 Å². The number of rotatable bonds is 3. The summed E-state index contributed by atoms with van der Waals surface area (Å²) in [5, 5.41) is 2.82. The summed E-state index contributed by atoms with van der Waals surface area (Å²) in [4.78, 5) is 11.7. The van der Waals surface area contributed by atoms with E-state index in [1.165, 1.54) is 0 Å². The summed E-state index contributed by atoms with van der Waals surface area (Å²) in [7, 11) is 1.55. The van der Waals surface area contributed by atoms with Crippen LogP contribution in [0.15, 0.2) is 22.7 Å². The van der Waals surface area contributed by atoms with Crippen molar-refractivity contribution in [1.82, 2.24) is 5.32 Å². The van der Waals surface area contributed by atoms with E-state index in [-0.39, 0.29) is 11.9 Å². The van der Waals surface area contributed by atoms with Gasteiger partial charge in [0, 0.05) is 10.5 Å². The highest BCUT2D eigenvalue weighted by atomic mass is 79.9. The van der Waals surface area contributed by atoms with E-state index in [0.29, 0.717) is 11.3 Å². The van der Waals surface area contributed by atoms with Gasteiger partial charge < -0.3 is 10.1 Å². The van der Waals surface area contributed by atoms with Crippen LogP contribution < -0.4 is 10.1 Å². The first-order valence-corrected chi connectivity index (χ1v) is 5.48. The lowest BCUT2D eigenvalue weighted by molar-refractivity contribution is 0.0940. The molecule has 0 aliphatic heterocycles. The van der Waals surface area contributed by atoms with Crippen LogP contribution in [0.3, 0.4) is 0 Å². The molecule has 0 fully saturated rings. The zero-order valence-corrected chi connectivity index (χ0v) is 10.6. The molecule has 1 amide bonds. The van der Waals surface area contributed by atoms with Gasteiger partial charge in [-0.15, -0.1) is 0 Å². The molecule has 0 unspecified atom stereocenters. The van der Waals surface area contributed by atoms with Crippen LogP contribution in [0.1, 0.15) is 24.2 Å². The van der Waals surface area contributed by atoms with E-state index in [9.17, 15) is 4.79 Å². The molecule has 0 saturated carbocycles.